The fourth-order valence-corrected chi connectivity index (χ4v) is 3.87. The molecule has 0 aliphatic carbocycles. The Morgan fingerprint density at radius 3 is 2.29 bits per heavy atom. The van der Waals surface area contributed by atoms with Crippen LogP contribution in [0.15, 0.2) is 0 Å². The highest BCUT2D eigenvalue weighted by Gasteiger charge is 2.14. The standard InChI is InChI=1S/C8H18ClNO5S2/c1-15-7-8(9)3-4-10-17(13,14)6-5-16(2,11)12/h8,10H,3-7H2,1-2H3. The van der Waals surface area contributed by atoms with E-state index in [0.717, 1.165) is 6.26 Å². The van der Waals surface area contributed by atoms with Crippen LogP contribution >= 0.6 is 11.6 Å². The minimum absolute atomic E-state index is 0.170. The van der Waals surface area contributed by atoms with Gasteiger partial charge in [-0.05, 0) is 6.42 Å². The van der Waals surface area contributed by atoms with Gasteiger partial charge in [-0.3, -0.25) is 0 Å². The van der Waals surface area contributed by atoms with Gasteiger partial charge < -0.3 is 4.74 Å². The predicted molar refractivity (Wildman–Crippen MR) is 67.6 cm³/mol. The first kappa shape index (κ1) is 17.1. The number of alkyl halides is 1. The lowest BCUT2D eigenvalue weighted by Crippen LogP contribution is -2.31. The third-order valence-electron chi connectivity index (χ3n) is 1.85. The molecule has 0 saturated heterocycles. The van der Waals surface area contributed by atoms with Crippen LogP contribution < -0.4 is 4.72 Å². The van der Waals surface area contributed by atoms with Gasteiger partial charge in [-0.2, -0.15) is 0 Å². The first-order chi connectivity index (χ1) is 7.66. The van der Waals surface area contributed by atoms with E-state index in [-0.39, 0.29) is 17.7 Å². The van der Waals surface area contributed by atoms with Crippen molar-refractivity contribution in [2.24, 2.45) is 0 Å². The van der Waals surface area contributed by atoms with Crippen LogP contribution in [-0.4, -0.2) is 60.2 Å². The zero-order valence-electron chi connectivity index (χ0n) is 9.85. The summed E-state index contributed by atoms with van der Waals surface area (Å²) in [7, 11) is -5.32. The van der Waals surface area contributed by atoms with E-state index in [1.165, 1.54) is 7.11 Å². The summed E-state index contributed by atoms with van der Waals surface area (Å²) in [6.45, 7) is 0.510. The Hall–Kier alpha value is 0.110. The fraction of sp³-hybridized carbons (Fsp3) is 1.00. The van der Waals surface area contributed by atoms with Crippen LogP contribution in [0.2, 0.25) is 0 Å². The van der Waals surface area contributed by atoms with Gasteiger partial charge in [-0.15, -0.1) is 11.6 Å². The molecule has 9 heteroatoms. The highest BCUT2D eigenvalue weighted by atomic mass is 35.5. The van der Waals surface area contributed by atoms with Crippen molar-refractivity contribution in [1.82, 2.24) is 4.72 Å². The lowest BCUT2D eigenvalue weighted by molar-refractivity contribution is 0.196. The number of ether oxygens (including phenoxy) is 1. The smallest absolute Gasteiger partial charge is 0.212 e. The van der Waals surface area contributed by atoms with Crippen molar-refractivity contribution in [3.63, 3.8) is 0 Å². The van der Waals surface area contributed by atoms with Gasteiger partial charge in [0.2, 0.25) is 10.0 Å². The molecule has 6 nitrogen and oxygen atoms in total. The summed E-state index contributed by atoms with van der Waals surface area (Å²) >= 11 is 5.80. The van der Waals surface area contributed by atoms with Gasteiger partial charge in [0.1, 0.15) is 9.84 Å². The number of sulfonamides is 1. The molecule has 0 aromatic heterocycles. The first-order valence-electron chi connectivity index (χ1n) is 4.94. The number of methoxy groups -OCH3 is 1. The van der Waals surface area contributed by atoms with Crippen molar-refractivity contribution in [3.05, 3.63) is 0 Å². The van der Waals surface area contributed by atoms with Crippen molar-refractivity contribution in [3.8, 4) is 0 Å². The van der Waals surface area contributed by atoms with Crippen LogP contribution in [0.5, 0.6) is 0 Å². The number of sulfone groups is 1. The molecule has 0 amide bonds. The summed E-state index contributed by atoms with van der Waals surface area (Å²) in [5, 5.41) is -0.266. The van der Waals surface area contributed by atoms with Crippen molar-refractivity contribution in [2.75, 3.05) is 38.0 Å². The molecule has 104 valence electrons. The summed E-state index contributed by atoms with van der Waals surface area (Å²) < 4.78 is 51.4. The number of hydrogen-bond acceptors (Lipinski definition) is 5. The molecule has 0 radical (unpaired) electrons. The van der Waals surface area contributed by atoms with Gasteiger partial charge in [0.05, 0.1) is 23.5 Å². The summed E-state index contributed by atoms with van der Waals surface area (Å²) in [6.07, 6.45) is 1.42. The zero-order valence-corrected chi connectivity index (χ0v) is 12.2. The molecule has 1 atom stereocenters. The average Bonchev–Trinajstić information content (AvgIpc) is 2.14. The lowest BCUT2D eigenvalue weighted by Gasteiger charge is -2.09. The van der Waals surface area contributed by atoms with E-state index < -0.39 is 25.6 Å². The van der Waals surface area contributed by atoms with Gasteiger partial charge in [0, 0.05) is 19.9 Å². The van der Waals surface area contributed by atoms with E-state index in [1.807, 2.05) is 0 Å². The molecule has 0 heterocycles. The Labute approximate surface area is 108 Å². The highest BCUT2D eigenvalue weighted by molar-refractivity contribution is 7.93. The van der Waals surface area contributed by atoms with Crippen LogP contribution in [0.3, 0.4) is 0 Å². The Balaban J connectivity index is 3.95. The van der Waals surface area contributed by atoms with E-state index in [1.54, 1.807) is 0 Å². The number of halogens is 1. The summed E-state index contributed by atoms with van der Waals surface area (Å²) in [5.74, 6) is -0.812. The molecule has 1 N–H and O–H groups in total. The molecule has 0 aromatic carbocycles. The monoisotopic (exact) mass is 307 g/mol. The number of hydrogen-bond donors (Lipinski definition) is 1. The molecule has 0 aromatic rings. The second-order valence-electron chi connectivity index (χ2n) is 3.68. The predicted octanol–water partition coefficient (Wildman–Crippen LogP) is -0.406. The first-order valence-corrected chi connectivity index (χ1v) is 9.09. The summed E-state index contributed by atoms with van der Waals surface area (Å²) in [5.41, 5.74) is 0. The van der Waals surface area contributed by atoms with Gasteiger partial charge >= 0.3 is 0 Å². The largest absolute Gasteiger partial charge is 0.383 e. The second kappa shape index (κ2) is 7.52. The number of nitrogens with one attached hydrogen (secondary N) is 1. The normalized spacial score (nSPS) is 14.8. The Bertz CT molecular complexity index is 406. The van der Waals surface area contributed by atoms with E-state index in [4.69, 9.17) is 16.3 Å². The molecule has 0 saturated carbocycles. The quantitative estimate of drug-likeness (QED) is 0.585. The van der Waals surface area contributed by atoms with Crippen molar-refractivity contribution >= 4 is 31.5 Å². The maximum Gasteiger partial charge on any atom is 0.212 e. The van der Waals surface area contributed by atoms with Crippen LogP contribution in [-0.2, 0) is 24.6 Å². The molecular weight excluding hydrogens is 290 g/mol. The summed E-state index contributed by atoms with van der Waals surface area (Å²) in [4.78, 5) is 0. The van der Waals surface area contributed by atoms with E-state index in [2.05, 4.69) is 4.72 Å². The van der Waals surface area contributed by atoms with E-state index >= 15 is 0 Å². The molecule has 0 aliphatic rings. The molecule has 0 bridgehead atoms. The van der Waals surface area contributed by atoms with Crippen LogP contribution in [0, 0.1) is 0 Å². The topological polar surface area (TPSA) is 89.5 Å². The van der Waals surface area contributed by atoms with E-state index in [9.17, 15) is 16.8 Å². The third-order valence-corrected chi connectivity index (χ3v) is 4.78. The Morgan fingerprint density at radius 2 is 1.82 bits per heavy atom. The maximum atomic E-state index is 11.4. The minimum Gasteiger partial charge on any atom is -0.383 e. The van der Waals surface area contributed by atoms with Gasteiger partial charge in [-0.1, -0.05) is 0 Å². The molecule has 0 aliphatic heterocycles. The molecule has 1 unspecified atom stereocenters. The SMILES string of the molecule is COCC(Cl)CCNS(=O)(=O)CCS(C)(=O)=O. The highest BCUT2D eigenvalue weighted by Crippen LogP contribution is 2.01. The van der Waals surface area contributed by atoms with Crippen molar-refractivity contribution in [2.45, 2.75) is 11.8 Å². The van der Waals surface area contributed by atoms with E-state index in [0.29, 0.717) is 13.0 Å². The van der Waals surface area contributed by atoms with Crippen LogP contribution in [0.4, 0.5) is 0 Å². The van der Waals surface area contributed by atoms with Crippen molar-refractivity contribution in [1.29, 1.82) is 0 Å². The fourth-order valence-electron chi connectivity index (χ4n) is 0.968. The number of rotatable bonds is 9. The molecule has 0 spiro atoms. The van der Waals surface area contributed by atoms with Gasteiger partial charge in [0.15, 0.2) is 0 Å². The molecule has 0 fully saturated rings. The molecular formula is C8H18ClNO5S2. The van der Waals surface area contributed by atoms with Gasteiger partial charge in [0.25, 0.3) is 0 Å². The van der Waals surface area contributed by atoms with Crippen molar-refractivity contribution < 1.29 is 21.6 Å². The maximum absolute atomic E-state index is 11.4. The third kappa shape index (κ3) is 11.0. The van der Waals surface area contributed by atoms with Crippen LogP contribution in [0.1, 0.15) is 6.42 Å². The average molecular weight is 308 g/mol. The minimum atomic E-state index is -3.55. The zero-order chi connectivity index (χ0) is 13.5. The molecule has 17 heavy (non-hydrogen) atoms. The summed E-state index contributed by atoms with van der Waals surface area (Å²) in [6, 6.07) is 0. The Morgan fingerprint density at radius 1 is 1.24 bits per heavy atom. The molecule has 0 rings (SSSR count). The van der Waals surface area contributed by atoms with Gasteiger partial charge in [-0.25, -0.2) is 21.6 Å². The lowest BCUT2D eigenvalue weighted by atomic mass is 10.3. The Kier molecular flexibility index (Phi) is 7.57. The van der Waals surface area contributed by atoms with Crippen LogP contribution in [0.25, 0.3) is 0 Å². The second-order valence-corrected chi connectivity index (χ2v) is 8.49.